The molecule has 92 valence electrons. The first-order valence-corrected chi connectivity index (χ1v) is 5.43. The van der Waals surface area contributed by atoms with Gasteiger partial charge in [-0.25, -0.2) is 0 Å². The number of allylic oxidation sites excluding steroid dienone is 1. The molecule has 2 nitrogen and oxygen atoms in total. The molecule has 0 radical (unpaired) electrons. The Morgan fingerprint density at radius 1 is 1.35 bits per heavy atom. The third-order valence-corrected chi connectivity index (χ3v) is 2.27. The second kappa shape index (κ2) is 5.35. The zero-order valence-corrected chi connectivity index (χ0v) is 10.4. The van der Waals surface area contributed by atoms with Crippen LogP contribution in [0.3, 0.4) is 0 Å². The molecule has 0 aliphatic heterocycles. The maximum atomic E-state index is 12.5. The van der Waals surface area contributed by atoms with E-state index in [4.69, 9.17) is 0 Å². The summed E-state index contributed by atoms with van der Waals surface area (Å²) in [5.41, 5.74) is -0.725. The molecule has 0 unspecified atom stereocenters. The summed E-state index contributed by atoms with van der Waals surface area (Å²) in [6.07, 6.45) is -1.71. The van der Waals surface area contributed by atoms with E-state index >= 15 is 0 Å². The lowest BCUT2D eigenvalue weighted by molar-refractivity contribution is -0.137. The fraction of sp³-hybridized carbons (Fsp3) is 0.182. The van der Waals surface area contributed by atoms with Gasteiger partial charge in [0.2, 0.25) is 5.91 Å². The molecule has 0 spiro atoms. The largest absolute Gasteiger partial charge is 0.416 e. The molecule has 0 bridgehead atoms. The van der Waals surface area contributed by atoms with Crippen LogP contribution in [0.5, 0.6) is 0 Å². The normalized spacial score (nSPS) is 11.8. The van der Waals surface area contributed by atoms with E-state index in [-0.39, 0.29) is 10.2 Å². The second-order valence-electron chi connectivity index (χ2n) is 3.22. The summed E-state index contributed by atoms with van der Waals surface area (Å²) >= 11 is 2.97. The predicted molar refractivity (Wildman–Crippen MR) is 62.6 cm³/mol. The van der Waals surface area contributed by atoms with Gasteiger partial charge in [-0.1, -0.05) is 22.0 Å². The summed E-state index contributed by atoms with van der Waals surface area (Å²) in [6.45, 7) is 1.64. The van der Waals surface area contributed by atoms with Crippen LogP contribution in [-0.2, 0) is 11.0 Å². The molecule has 17 heavy (non-hydrogen) atoms. The summed E-state index contributed by atoms with van der Waals surface area (Å²) in [5.74, 6) is -0.473. The zero-order valence-electron chi connectivity index (χ0n) is 8.81. The Morgan fingerprint density at radius 3 is 2.53 bits per heavy atom. The number of hydrogen-bond donors (Lipinski definition) is 1. The minimum Gasteiger partial charge on any atom is -0.322 e. The number of nitrogens with one attached hydrogen (secondary N) is 1. The Balaban J connectivity index is 3.02. The number of benzene rings is 1. The fourth-order valence-corrected chi connectivity index (χ4v) is 1.65. The molecule has 0 aromatic heterocycles. The minimum absolute atomic E-state index is 0.0924. The molecular formula is C11H9BrF3NO. The summed E-state index contributed by atoms with van der Waals surface area (Å²) in [4.78, 5) is 11.2. The van der Waals surface area contributed by atoms with E-state index in [0.717, 1.165) is 12.1 Å². The van der Waals surface area contributed by atoms with Gasteiger partial charge in [0.1, 0.15) is 0 Å². The standard InChI is InChI=1S/C11H9BrF3NO/c1-2-3-10(17)16-9-5-7(11(13,14)15)4-8(12)6-9/h2-6H,1H3,(H,16,17). The first-order valence-electron chi connectivity index (χ1n) is 4.64. The maximum absolute atomic E-state index is 12.5. The maximum Gasteiger partial charge on any atom is 0.416 e. The van der Waals surface area contributed by atoms with Gasteiger partial charge in [0.25, 0.3) is 0 Å². The van der Waals surface area contributed by atoms with Crippen LogP contribution in [0.15, 0.2) is 34.8 Å². The van der Waals surface area contributed by atoms with Gasteiger partial charge in [-0.15, -0.1) is 0 Å². The molecular weight excluding hydrogens is 299 g/mol. The van der Waals surface area contributed by atoms with E-state index in [0.29, 0.717) is 0 Å². The van der Waals surface area contributed by atoms with Gasteiger partial charge < -0.3 is 5.32 Å². The SMILES string of the molecule is CC=CC(=O)Nc1cc(Br)cc(C(F)(F)F)c1. The van der Waals surface area contributed by atoms with Gasteiger partial charge in [-0.2, -0.15) is 13.2 Å². The van der Waals surface area contributed by atoms with Crippen molar-refractivity contribution in [2.75, 3.05) is 5.32 Å². The average Bonchev–Trinajstić information content (AvgIpc) is 2.15. The van der Waals surface area contributed by atoms with E-state index < -0.39 is 17.6 Å². The van der Waals surface area contributed by atoms with Crippen molar-refractivity contribution < 1.29 is 18.0 Å². The van der Waals surface area contributed by atoms with Crippen molar-refractivity contribution >= 4 is 27.5 Å². The Morgan fingerprint density at radius 2 is 2.00 bits per heavy atom. The molecule has 6 heteroatoms. The van der Waals surface area contributed by atoms with Crippen molar-refractivity contribution in [3.63, 3.8) is 0 Å². The van der Waals surface area contributed by atoms with Crippen molar-refractivity contribution in [2.45, 2.75) is 13.1 Å². The quantitative estimate of drug-likeness (QED) is 0.823. The highest BCUT2D eigenvalue weighted by molar-refractivity contribution is 9.10. The summed E-state index contributed by atoms with van der Waals surface area (Å²) in [6, 6.07) is 3.23. The summed E-state index contributed by atoms with van der Waals surface area (Å²) < 4.78 is 37.7. The van der Waals surface area contributed by atoms with E-state index in [1.807, 2.05) is 0 Å². The third-order valence-electron chi connectivity index (χ3n) is 1.81. The molecule has 0 heterocycles. The lowest BCUT2D eigenvalue weighted by Crippen LogP contribution is -2.10. The molecule has 1 amide bonds. The lowest BCUT2D eigenvalue weighted by Gasteiger charge is -2.10. The van der Waals surface area contributed by atoms with Crippen molar-refractivity contribution in [1.82, 2.24) is 0 Å². The Hall–Kier alpha value is -1.30. The number of alkyl halides is 3. The topological polar surface area (TPSA) is 29.1 Å². The van der Waals surface area contributed by atoms with Crippen molar-refractivity contribution in [1.29, 1.82) is 0 Å². The van der Waals surface area contributed by atoms with Crippen LogP contribution in [0.1, 0.15) is 12.5 Å². The van der Waals surface area contributed by atoms with E-state index in [1.54, 1.807) is 6.92 Å². The van der Waals surface area contributed by atoms with Crippen LogP contribution >= 0.6 is 15.9 Å². The molecule has 0 fully saturated rings. The van der Waals surface area contributed by atoms with Gasteiger partial charge >= 0.3 is 6.18 Å². The van der Waals surface area contributed by atoms with Gasteiger partial charge in [-0.05, 0) is 31.2 Å². The number of amides is 1. The smallest absolute Gasteiger partial charge is 0.322 e. The Kier molecular flexibility index (Phi) is 4.34. The zero-order chi connectivity index (χ0) is 13.1. The van der Waals surface area contributed by atoms with E-state index in [9.17, 15) is 18.0 Å². The van der Waals surface area contributed by atoms with Gasteiger partial charge in [0.15, 0.2) is 0 Å². The fourth-order valence-electron chi connectivity index (χ4n) is 1.16. The molecule has 1 N–H and O–H groups in total. The van der Waals surface area contributed by atoms with Crippen LogP contribution in [0.2, 0.25) is 0 Å². The molecule has 0 aliphatic carbocycles. The van der Waals surface area contributed by atoms with Crippen molar-refractivity contribution in [3.05, 3.63) is 40.4 Å². The number of hydrogen-bond acceptors (Lipinski definition) is 1. The number of rotatable bonds is 2. The Bertz CT molecular complexity index is 455. The van der Waals surface area contributed by atoms with Crippen LogP contribution in [-0.4, -0.2) is 5.91 Å². The molecule has 0 aliphatic rings. The molecule has 0 saturated heterocycles. The average molecular weight is 308 g/mol. The third kappa shape index (κ3) is 4.22. The first kappa shape index (κ1) is 13.8. The predicted octanol–water partition coefficient (Wildman–Crippen LogP) is 3.98. The number of halogens is 4. The van der Waals surface area contributed by atoms with Crippen LogP contribution in [0.25, 0.3) is 0 Å². The number of carbonyl (C=O) groups is 1. The van der Waals surface area contributed by atoms with Crippen molar-refractivity contribution in [3.8, 4) is 0 Å². The molecule has 1 aromatic carbocycles. The highest BCUT2D eigenvalue weighted by atomic mass is 79.9. The van der Waals surface area contributed by atoms with E-state index in [1.165, 1.54) is 18.2 Å². The van der Waals surface area contributed by atoms with Gasteiger partial charge in [0.05, 0.1) is 5.56 Å². The van der Waals surface area contributed by atoms with E-state index in [2.05, 4.69) is 21.2 Å². The number of anilines is 1. The van der Waals surface area contributed by atoms with Crippen LogP contribution < -0.4 is 5.32 Å². The summed E-state index contributed by atoms with van der Waals surface area (Å²) in [7, 11) is 0. The van der Waals surface area contributed by atoms with Gasteiger partial charge in [-0.3, -0.25) is 4.79 Å². The highest BCUT2D eigenvalue weighted by Gasteiger charge is 2.31. The van der Waals surface area contributed by atoms with Crippen LogP contribution in [0.4, 0.5) is 18.9 Å². The summed E-state index contributed by atoms with van der Waals surface area (Å²) in [5, 5.41) is 2.34. The number of carbonyl (C=O) groups excluding carboxylic acids is 1. The molecule has 0 saturated carbocycles. The van der Waals surface area contributed by atoms with Gasteiger partial charge in [0, 0.05) is 10.2 Å². The minimum atomic E-state index is -4.44. The molecule has 0 atom stereocenters. The second-order valence-corrected chi connectivity index (χ2v) is 4.13. The lowest BCUT2D eigenvalue weighted by atomic mass is 10.2. The first-order chi connectivity index (χ1) is 7.82. The Labute approximate surface area is 105 Å². The monoisotopic (exact) mass is 307 g/mol. The van der Waals surface area contributed by atoms with Crippen molar-refractivity contribution in [2.24, 2.45) is 0 Å². The highest BCUT2D eigenvalue weighted by Crippen LogP contribution is 2.33. The molecule has 1 aromatic rings. The molecule has 1 rings (SSSR count). The van der Waals surface area contributed by atoms with Crippen LogP contribution in [0, 0.1) is 0 Å².